The molecular weight excluding hydrogens is 296 g/mol. The van der Waals surface area contributed by atoms with Crippen molar-refractivity contribution in [3.8, 4) is 17.6 Å². The Balaban J connectivity index is 2.02. The Kier molecular flexibility index (Phi) is 5.31. The zero-order valence-electron chi connectivity index (χ0n) is 12.4. The van der Waals surface area contributed by atoms with Gasteiger partial charge in [0.15, 0.2) is 18.1 Å². The smallest absolute Gasteiger partial charge is 0.262 e. The molecule has 6 heteroatoms. The molecule has 0 fully saturated rings. The molecule has 1 amide bonds. The summed E-state index contributed by atoms with van der Waals surface area (Å²) in [5.74, 6) is 0.302. The largest absolute Gasteiger partial charge is 0.493 e. The van der Waals surface area contributed by atoms with Gasteiger partial charge >= 0.3 is 0 Å². The minimum absolute atomic E-state index is 0.253. The molecule has 0 bridgehead atoms. The summed E-state index contributed by atoms with van der Waals surface area (Å²) in [5, 5.41) is 11.6. The van der Waals surface area contributed by atoms with Gasteiger partial charge in [-0.25, -0.2) is 0 Å². The third-order valence-electron chi connectivity index (χ3n) is 3.00. The average Bonchev–Trinajstić information content (AvgIpc) is 2.60. The van der Waals surface area contributed by atoms with Crippen molar-refractivity contribution in [2.24, 2.45) is 0 Å². The summed E-state index contributed by atoms with van der Waals surface area (Å²) in [5.41, 5.74) is 1.24. The number of amides is 1. The lowest BCUT2D eigenvalue weighted by Crippen LogP contribution is -2.20. The molecule has 0 heterocycles. The zero-order chi connectivity index (χ0) is 16.7. The van der Waals surface area contributed by atoms with Gasteiger partial charge in [0.2, 0.25) is 0 Å². The van der Waals surface area contributed by atoms with Crippen LogP contribution in [0.3, 0.4) is 0 Å². The van der Waals surface area contributed by atoms with E-state index in [4.69, 9.17) is 14.7 Å². The van der Waals surface area contributed by atoms with E-state index in [9.17, 15) is 9.59 Å². The van der Waals surface area contributed by atoms with Crippen molar-refractivity contribution in [3.05, 3.63) is 53.6 Å². The minimum atomic E-state index is -0.408. The minimum Gasteiger partial charge on any atom is -0.493 e. The molecule has 0 aliphatic heterocycles. The number of nitrogens with one attached hydrogen (secondary N) is 1. The first-order chi connectivity index (χ1) is 11.2. The highest BCUT2D eigenvalue weighted by atomic mass is 16.5. The fourth-order valence-electron chi connectivity index (χ4n) is 1.90. The molecule has 116 valence electrons. The number of para-hydroxylation sites is 1. The topological polar surface area (TPSA) is 88.4 Å². The lowest BCUT2D eigenvalue weighted by molar-refractivity contribution is -0.118. The van der Waals surface area contributed by atoms with E-state index in [1.807, 2.05) is 6.07 Å². The summed E-state index contributed by atoms with van der Waals surface area (Å²) in [6, 6.07) is 13.3. The molecule has 0 aliphatic rings. The number of rotatable bonds is 6. The first kappa shape index (κ1) is 16.0. The van der Waals surface area contributed by atoms with Crippen molar-refractivity contribution in [1.82, 2.24) is 0 Å². The number of nitrogens with zero attached hydrogens (tertiary/aromatic N) is 1. The maximum atomic E-state index is 11.9. The summed E-state index contributed by atoms with van der Waals surface area (Å²) < 4.78 is 10.5. The molecule has 2 aromatic carbocycles. The van der Waals surface area contributed by atoms with E-state index in [0.29, 0.717) is 34.6 Å². The average molecular weight is 310 g/mol. The molecule has 0 aromatic heterocycles. The highest BCUT2D eigenvalue weighted by Crippen LogP contribution is 2.27. The highest BCUT2D eigenvalue weighted by molar-refractivity contribution is 5.93. The number of ether oxygens (including phenoxy) is 2. The van der Waals surface area contributed by atoms with Crippen molar-refractivity contribution in [2.45, 2.75) is 0 Å². The Bertz CT molecular complexity index is 765. The van der Waals surface area contributed by atoms with Crippen LogP contribution in [0.15, 0.2) is 42.5 Å². The van der Waals surface area contributed by atoms with Gasteiger partial charge in [-0.15, -0.1) is 0 Å². The number of methoxy groups -OCH3 is 1. The molecule has 6 nitrogen and oxygen atoms in total. The molecule has 0 aliphatic carbocycles. The molecular formula is C17H14N2O4. The SMILES string of the molecule is COc1cc(C=O)ccc1OCC(=O)Nc1ccccc1C#N. The van der Waals surface area contributed by atoms with Crippen LogP contribution < -0.4 is 14.8 Å². The Morgan fingerprint density at radius 1 is 1.26 bits per heavy atom. The number of anilines is 1. The number of hydrogen-bond acceptors (Lipinski definition) is 5. The van der Waals surface area contributed by atoms with Crippen LogP contribution in [0.4, 0.5) is 5.69 Å². The Morgan fingerprint density at radius 3 is 2.74 bits per heavy atom. The Labute approximate surface area is 133 Å². The van der Waals surface area contributed by atoms with Crippen LogP contribution in [0.25, 0.3) is 0 Å². The third kappa shape index (κ3) is 4.08. The number of hydrogen-bond donors (Lipinski definition) is 1. The lowest BCUT2D eigenvalue weighted by atomic mass is 10.2. The Hall–Kier alpha value is -3.33. The highest BCUT2D eigenvalue weighted by Gasteiger charge is 2.10. The van der Waals surface area contributed by atoms with Gasteiger partial charge in [-0.3, -0.25) is 9.59 Å². The number of nitriles is 1. The summed E-state index contributed by atoms with van der Waals surface area (Å²) in [6.45, 7) is -0.253. The third-order valence-corrected chi connectivity index (χ3v) is 3.00. The van der Waals surface area contributed by atoms with E-state index in [0.717, 1.165) is 0 Å². The van der Waals surface area contributed by atoms with Crippen LogP contribution >= 0.6 is 0 Å². The van der Waals surface area contributed by atoms with Crippen LogP contribution in [0.2, 0.25) is 0 Å². The molecule has 0 saturated heterocycles. The van der Waals surface area contributed by atoms with E-state index < -0.39 is 5.91 Å². The molecule has 23 heavy (non-hydrogen) atoms. The lowest BCUT2D eigenvalue weighted by Gasteiger charge is -2.11. The zero-order valence-corrected chi connectivity index (χ0v) is 12.4. The predicted molar refractivity (Wildman–Crippen MR) is 83.7 cm³/mol. The van der Waals surface area contributed by atoms with Crippen molar-refractivity contribution in [1.29, 1.82) is 5.26 Å². The van der Waals surface area contributed by atoms with Crippen molar-refractivity contribution in [2.75, 3.05) is 19.0 Å². The standard InChI is InChI=1S/C17H14N2O4/c1-22-16-8-12(10-20)6-7-15(16)23-11-17(21)19-14-5-3-2-4-13(14)9-18/h2-8,10H,11H2,1H3,(H,19,21). The summed E-state index contributed by atoms with van der Waals surface area (Å²) in [7, 11) is 1.44. The Morgan fingerprint density at radius 2 is 2.04 bits per heavy atom. The predicted octanol–water partition coefficient (Wildman–Crippen LogP) is 2.40. The molecule has 2 rings (SSSR count). The number of benzene rings is 2. The molecule has 0 atom stereocenters. The van der Waals surface area contributed by atoms with Crippen LogP contribution in [0.1, 0.15) is 15.9 Å². The second-order valence-corrected chi connectivity index (χ2v) is 4.52. The van der Waals surface area contributed by atoms with Crippen LogP contribution in [0.5, 0.6) is 11.5 Å². The van der Waals surface area contributed by atoms with Crippen LogP contribution in [-0.2, 0) is 4.79 Å². The van der Waals surface area contributed by atoms with Crippen LogP contribution in [0, 0.1) is 11.3 Å². The number of carbonyl (C=O) groups excluding carboxylic acids is 2. The van der Waals surface area contributed by atoms with Gasteiger partial charge in [-0.05, 0) is 30.3 Å². The number of carbonyl (C=O) groups is 2. The molecule has 0 unspecified atom stereocenters. The fourth-order valence-corrected chi connectivity index (χ4v) is 1.90. The van der Waals surface area contributed by atoms with Gasteiger partial charge in [-0.1, -0.05) is 12.1 Å². The first-order valence-corrected chi connectivity index (χ1v) is 6.73. The van der Waals surface area contributed by atoms with Gasteiger partial charge < -0.3 is 14.8 Å². The normalized spacial score (nSPS) is 9.57. The summed E-state index contributed by atoms with van der Waals surface area (Å²) >= 11 is 0. The second-order valence-electron chi connectivity index (χ2n) is 4.52. The van der Waals surface area contributed by atoms with Crippen molar-refractivity contribution >= 4 is 17.9 Å². The maximum Gasteiger partial charge on any atom is 0.262 e. The molecule has 0 spiro atoms. The van der Waals surface area contributed by atoms with Gasteiger partial charge in [-0.2, -0.15) is 5.26 Å². The van der Waals surface area contributed by atoms with Crippen molar-refractivity contribution < 1.29 is 19.1 Å². The van der Waals surface area contributed by atoms with E-state index in [-0.39, 0.29) is 6.61 Å². The molecule has 0 radical (unpaired) electrons. The molecule has 1 N–H and O–H groups in total. The van der Waals surface area contributed by atoms with E-state index in [1.165, 1.54) is 13.2 Å². The second kappa shape index (κ2) is 7.61. The van der Waals surface area contributed by atoms with Gasteiger partial charge in [0, 0.05) is 5.56 Å². The van der Waals surface area contributed by atoms with Gasteiger partial charge in [0.1, 0.15) is 12.4 Å². The van der Waals surface area contributed by atoms with E-state index in [2.05, 4.69) is 5.32 Å². The maximum absolute atomic E-state index is 11.9. The van der Waals surface area contributed by atoms with E-state index >= 15 is 0 Å². The summed E-state index contributed by atoms with van der Waals surface area (Å²) in [4.78, 5) is 22.7. The fraction of sp³-hybridized carbons (Fsp3) is 0.118. The quantitative estimate of drug-likeness (QED) is 0.828. The summed E-state index contributed by atoms with van der Waals surface area (Å²) in [6.07, 6.45) is 0.692. The molecule has 0 saturated carbocycles. The molecule has 2 aromatic rings. The number of aldehydes is 1. The van der Waals surface area contributed by atoms with Gasteiger partial charge in [0.05, 0.1) is 18.4 Å². The van der Waals surface area contributed by atoms with Gasteiger partial charge in [0.25, 0.3) is 5.91 Å². The van der Waals surface area contributed by atoms with Crippen molar-refractivity contribution in [3.63, 3.8) is 0 Å². The first-order valence-electron chi connectivity index (χ1n) is 6.73. The van der Waals surface area contributed by atoms with E-state index in [1.54, 1.807) is 36.4 Å². The monoisotopic (exact) mass is 310 g/mol. The van der Waals surface area contributed by atoms with Crippen LogP contribution in [-0.4, -0.2) is 25.9 Å².